The van der Waals surface area contributed by atoms with Gasteiger partial charge in [0.25, 0.3) is 0 Å². The molecule has 1 amide bonds. The van der Waals surface area contributed by atoms with E-state index < -0.39 is 5.97 Å². The van der Waals surface area contributed by atoms with E-state index in [-0.39, 0.29) is 18.0 Å². The molecule has 2 atom stereocenters. The number of esters is 1. The van der Waals surface area contributed by atoms with E-state index in [1.54, 1.807) is 18.3 Å². The first-order chi connectivity index (χ1) is 18.0. The SMILES string of the molecule is COC(=O)c1cccc(-n2cccc2[C@H]2[C@H](c3ccccn3)NC(=S)N2c2ccc(NC(C)=O)cc2)c1. The molecule has 37 heavy (non-hydrogen) atoms. The van der Waals surface area contributed by atoms with E-state index in [1.807, 2.05) is 77.5 Å². The van der Waals surface area contributed by atoms with E-state index in [0.717, 1.165) is 22.8 Å². The van der Waals surface area contributed by atoms with Crippen molar-refractivity contribution in [3.63, 3.8) is 0 Å². The Morgan fingerprint density at radius 2 is 1.81 bits per heavy atom. The van der Waals surface area contributed by atoms with Gasteiger partial charge in [-0.2, -0.15) is 0 Å². The molecule has 0 bridgehead atoms. The second kappa shape index (κ2) is 10.2. The molecule has 9 heteroatoms. The number of hydrogen-bond donors (Lipinski definition) is 2. The molecule has 2 N–H and O–H groups in total. The molecule has 5 rings (SSSR count). The summed E-state index contributed by atoms with van der Waals surface area (Å²) in [4.78, 5) is 30.3. The summed E-state index contributed by atoms with van der Waals surface area (Å²) in [7, 11) is 1.37. The molecule has 186 valence electrons. The van der Waals surface area contributed by atoms with Crippen molar-refractivity contribution in [3.05, 3.63) is 108 Å². The molecule has 4 aromatic rings. The molecular formula is C28H25N5O3S. The van der Waals surface area contributed by atoms with Crippen LogP contribution in [0.1, 0.15) is 40.8 Å². The summed E-state index contributed by atoms with van der Waals surface area (Å²) in [5.41, 5.74) is 4.66. The Labute approximate surface area is 219 Å². The molecule has 0 radical (unpaired) electrons. The average molecular weight is 512 g/mol. The van der Waals surface area contributed by atoms with Gasteiger partial charge in [-0.3, -0.25) is 9.78 Å². The number of amides is 1. The minimum atomic E-state index is -0.397. The molecule has 1 saturated heterocycles. The van der Waals surface area contributed by atoms with Gasteiger partial charge in [-0.15, -0.1) is 0 Å². The van der Waals surface area contributed by atoms with E-state index >= 15 is 0 Å². The lowest BCUT2D eigenvalue weighted by molar-refractivity contribution is -0.114. The number of ether oxygens (including phenoxy) is 1. The zero-order valence-corrected chi connectivity index (χ0v) is 21.1. The summed E-state index contributed by atoms with van der Waals surface area (Å²) in [6.45, 7) is 1.48. The Hall–Kier alpha value is -4.50. The number of methoxy groups -OCH3 is 1. The fraction of sp³-hybridized carbons (Fsp3) is 0.143. The molecule has 2 aromatic carbocycles. The lowest BCUT2D eigenvalue weighted by atomic mass is 10.0. The number of rotatable bonds is 6. The highest BCUT2D eigenvalue weighted by molar-refractivity contribution is 7.80. The molecular weight excluding hydrogens is 486 g/mol. The quantitative estimate of drug-likeness (QED) is 0.284. The predicted octanol–water partition coefficient (Wildman–Crippen LogP) is 4.79. The van der Waals surface area contributed by atoms with Crippen LogP contribution in [0.5, 0.6) is 0 Å². The molecule has 1 aliphatic rings. The number of nitrogens with one attached hydrogen (secondary N) is 2. The normalized spacial score (nSPS) is 16.8. The molecule has 0 spiro atoms. The number of carbonyl (C=O) groups is 2. The van der Waals surface area contributed by atoms with Gasteiger partial charge in [-0.25, -0.2) is 4.79 Å². The lowest BCUT2D eigenvalue weighted by Gasteiger charge is -2.29. The van der Waals surface area contributed by atoms with Gasteiger partial charge in [0.1, 0.15) is 6.04 Å². The van der Waals surface area contributed by atoms with Crippen LogP contribution in [-0.2, 0) is 9.53 Å². The third-order valence-corrected chi connectivity index (χ3v) is 6.51. The summed E-state index contributed by atoms with van der Waals surface area (Å²) in [6.07, 6.45) is 3.72. The van der Waals surface area contributed by atoms with E-state index in [0.29, 0.717) is 16.4 Å². The van der Waals surface area contributed by atoms with Crippen molar-refractivity contribution in [3.8, 4) is 5.69 Å². The highest BCUT2D eigenvalue weighted by Crippen LogP contribution is 2.42. The Bertz CT molecular complexity index is 1450. The second-order valence-corrected chi connectivity index (χ2v) is 8.96. The summed E-state index contributed by atoms with van der Waals surface area (Å²) in [6, 6.07) is 24.2. The Balaban J connectivity index is 1.61. The maximum Gasteiger partial charge on any atom is 0.337 e. The smallest absolute Gasteiger partial charge is 0.337 e. The monoisotopic (exact) mass is 511 g/mol. The van der Waals surface area contributed by atoms with Crippen LogP contribution in [0.15, 0.2) is 91.3 Å². The highest BCUT2D eigenvalue weighted by Gasteiger charge is 2.42. The van der Waals surface area contributed by atoms with Crippen molar-refractivity contribution in [1.29, 1.82) is 0 Å². The summed E-state index contributed by atoms with van der Waals surface area (Å²) in [5, 5.41) is 6.82. The molecule has 8 nitrogen and oxygen atoms in total. The van der Waals surface area contributed by atoms with Crippen molar-refractivity contribution < 1.29 is 14.3 Å². The summed E-state index contributed by atoms with van der Waals surface area (Å²) in [5.74, 6) is -0.530. The number of thiocarbonyl (C=S) groups is 1. The molecule has 3 heterocycles. The first-order valence-corrected chi connectivity index (χ1v) is 12.1. The van der Waals surface area contributed by atoms with Gasteiger partial charge < -0.3 is 24.8 Å². The maximum absolute atomic E-state index is 12.2. The minimum absolute atomic E-state index is 0.133. The van der Waals surface area contributed by atoms with Gasteiger partial charge in [0.2, 0.25) is 5.91 Å². The van der Waals surface area contributed by atoms with Crippen LogP contribution in [0.3, 0.4) is 0 Å². The van der Waals surface area contributed by atoms with Gasteiger partial charge in [-0.1, -0.05) is 12.1 Å². The van der Waals surface area contributed by atoms with Crippen molar-refractivity contribution in [2.45, 2.75) is 19.0 Å². The molecule has 0 unspecified atom stereocenters. The van der Waals surface area contributed by atoms with Gasteiger partial charge >= 0.3 is 5.97 Å². The fourth-order valence-electron chi connectivity index (χ4n) is 4.61. The van der Waals surface area contributed by atoms with Crippen LogP contribution in [0, 0.1) is 0 Å². The van der Waals surface area contributed by atoms with Crippen molar-refractivity contribution >= 4 is 40.6 Å². The third-order valence-electron chi connectivity index (χ3n) is 6.19. The number of benzene rings is 2. The van der Waals surface area contributed by atoms with E-state index in [2.05, 4.69) is 20.5 Å². The molecule has 1 aliphatic heterocycles. The van der Waals surface area contributed by atoms with Crippen LogP contribution >= 0.6 is 12.2 Å². The topological polar surface area (TPSA) is 88.5 Å². The van der Waals surface area contributed by atoms with Crippen LogP contribution in [0.25, 0.3) is 5.69 Å². The summed E-state index contributed by atoms with van der Waals surface area (Å²) >= 11 is 5.83. The number of anilines is 2. The maximum atomic E-state index is 12.2. The van der Waals surface area contributed by atoms with Crippen molar-refractivity contribution in [1.82, 2.24) is 14.9 Å². The van der Waals surface area contributed by atoms with E-state index in [1.165, 1.54) is 14.0 Å². The largest absolute Gasteiger partial charge is 0.465 e. The fourth-order valence-corrected chi connectivity index (χ4v) is 4.96. The Morgan fingerprint density at radius 1 is 1.00 bits per heavy atom. The molecule has 2 aromatic heterocycles. The highest BCUT2D eigenvalue weighted by atomic mass is 32.1. The second-order valence-electron chi connectivity index (χ2n) is 8.57. The van der Waals surface area contributed by atoms with Crippen LogP contribution in [-0.4, -0.2) is 33.6 Å². The van der Waals surface area contributed by atoms with Crippen molar-refractivity contribution in [2.75, 3.05) is 17.3 Å². The van der Waals surface area contributed by atoms with Crippen LogP contribution in [0.4, 0.5) is 11.4 Å². The van der Waals surface area contributed by atoms with Gasteiger partial charge in [-0.05, 0) is 78.9 Å². The summed E-state index contributed by atoms with van der Waals surface area (Å²) < 4.78 is 6.96. The molecule has 0 aliphatic carbocycles. The first kappa shape index (κ1) is 24.2. The molecule has 0 saturated carbocycles. The van der Waals surface area contributed by atoms with Gasteiger partial charge in [0.05, 0.1) is 24.4 Å². The standard InChI is InChI=1S/C28H25N5O3S/c1-18(34)30-20-11-13-21(14-12-20)33-26(25(31-28(33)37)23-9-3-4-15-29-23)24-10-6-16-32(24)22-8-5-7-19(17-22)27(35)36-2/h3-17,25-26H,1-2H3,(H,30,34)(H,31,37)/t25-,26-/m0/s1. The number of pyridine rings is 1. The lowest BCUT2D eigenvalue weighted by Crippen LogP contribution is -2.30. The van der Waals surface area contributed by atoms with E-state index in [4.69, 9.17) is 17.0 Å². The Morgan fingerprint density at radius 3 is 2.51 bits per heavy atom. The van der Waals surface area contributed by atoms with Crippen molar-refractivity contribution in [2.24, 2.45) is 0 Å². The number of hydrogen-bond acceptors (Lipinski definition) is 5. The minimum Gasteiger partial charge on any atom is -0.465 e. The first-order valence-electron chi connectivity index (χ1n) is 11.7. The van der Waals surface area contributed by atoms with E-state index in [9.17, 15) is 9.59 Å². The number of aromatic nitrogens is 2. The number of carbonyl (C=O) groups excluding carboxylic acids is 2. The van der Waals surface area contributed by atoms with Gasteiger partial charge in [0, 0.05) is 42.1 Å². The third kappa shape index (κ3) is 4.81. The molecule has 1 fully saturated rings. The van der Waals surface area contributed by atoms with Crippen LogP contribution < -0.4 is 15.5 Å². The predicted molar refractivity (Wildman–Crippen MR) is 146 cm³/mol. The van der Waals surface area contributed by atoms with Gasteiger partial charge in [0.15, 0.2) is 5.11 Å². The Kier molecular flexibility index (Phi) is 6.70. The van der Waals surface area contributed by atoms with Crippen LogP contribution in [0.2, 0.25) is 0 Å². The zero-order valence-electron chi connectivity index (χ0n) is 20.3. The number of nitrogens with zero attached hydrogens (tertiary/aromatic N) is 3. The zero-order chi connectivity index (χ0) is 25.9. The average Bonchev–Trinajstić information content (AvgIpc) is 3.53.